The van der Waals surface area contributed by atoms with E-state index in [1.54, 1.807) is 18.2 Å². The average molecular weight is 367 g/mol. The van der Waals surface area contributed by atoms with Gasteiger partial charge in [-0.15, -0.1) is 0 Å². The summed E-state index contributed by atoms with van der Waals surface area (Å²) in [6, 6.07) is 4.88. The number of piperidine rings is 1. The fraction of sp³-hybridized carbons (Fsp3) is 0.500. The Morgan fingerprint density at radius 2 is 1.76 bits per heavy atom. The van der Waals surface area contributed by atoms with Crippen LogP contribution in [-0.4, -0.2) is 40.9 Å². The molecule has 25 heavy (non-hydrogen) atoms. The highest BCUT2D eigenvalue weighted by molar-refractivity contribution is 6.34. The van der Waals surface area contributed by atoms with Crippen LogP contribution in [0.15, 0.2) is 18.2 Å². The molecule has 136 valence electrons. The van der Waals surface area contributed by atoms with Crippen LogP contribution in [0.4, 0.5) is 5.69 Å². The summed E-state index contributed by atoms with van der Waals surface area (Å²) in [5, 5.41) is 11.6. The van der Waals surface area contributed by atoms with E-state index >= 15 is 0 Å². The predicted octanol–water partition coefficient (Wildman–Crippen LogP) is 3.55. The molecule has 0 aliphatic carbocycles. The number of carbonyl (C=O) groups is 3. The first kappa shape index (κ1) is 19.2. The molecule has 1 saturated heterocycles. The molecule has 1 heterocycles. The summed E-state index contributed by atoms with van der Waals surface area (Å²) >= 11 is 6.22. The maximum Gasteiger partial charge on any atom is 0.303 e. The van der Waals surface area contributed by atoms with Gasteiger partial charge < -0.3 is 15.3 Å². The van der Waals surface area contributed by atoms with E-state index in [1.165, 1.54) is 0 Å². The molecule has 0 bridgehead atoms. The smallest absolute Gasteiger partial charge is 0.303 e. The fourth-order valence-electron chi connectivity index (χ4n) is 2.82. The van der Waals surface area contributed by atoms with Crippen molar-refractivity contribution in [2.24, 2.45) is 0 Å². The van der Waals surface area contributed by atoms with Crippen LogP contribution in [0.3, 0.4) is 0 Å². The first-order valence-electron chi connectivity index (χ1n) is 8.58. The number of halogens is 1. The number of carboxylic acid groups (broad SMARTS) is 1. The largest absolute Gasteiger partial charge is 0.481 e. The number of anilines is 1. The van der Waals surface area contributed by atoms with Crippen molar-refractivity contribution in [2.45, 2.75) is 44.9 Å². The van der Waals surface area contributed by atoms with Gasteiger partial charge in [-0.1, -0.05) is 11.6 Å². The number of rotatable bonds is 7. The molecular weight excluding hydrogens is 344 g/mol. The van der Waals surface area contributed by atoms with Gasteiger partial charge in [0.05, 0.1) is 10.6 Å². The predicted molar refractivity (Wildman–Crippen MR) is 95.9 cm³/mol. The lowest BCUT2D eigenvalue weighted by Gasteiger charge is -2.27. The maximum atomic E-state index is 12.5. The Bertz CT molecular complexity index is 642. The Hall–Kier alpha value is -2.08. The molecule has 1 aliphatic rings. The number of nitrogens with zero attached hydrogens (tertiary/aromatic N) is 1. The van der Waals surface area contributed by atoms with Crippen LogP contribution in [0.2, 0.25) is 5.02 Å². The number of amides is 2. The first-order valence-corrected chi connectivity index (χ1v) is 8.95. The molecule has 2 rings (SSSR count). The second-order valence-electron chi connectivity index (χ2n) is 6.20. The van der Waals surface area contributed by atoms with Crippen molar-refractivity contribution in [2.75, 3.05) is 18.4 Å². The van der Waals surface area contributed by atoms with Crippen LogP contribution < -0.4 is 5.32 Å². The summed E-state index contributed by atoms with van der Waals surface area (Å²) in [6.45, 7) is 1.51. The van der Waals surface area contributed by atoms with Gasteiger partial charge >= 0.3 is 5.97 Å². The average Bonchev–Trinajstić information content (AvgIpc) is 2.59. The molecule has 6 nitrogen and oxygen atoms in total. The lowest BCUT2D eigenvalue weighted by atomic mass is 10.1. The summed E-state index contributed by atoms with van der Waals surface area (Å²) in [7, 11) is 0. The quantitative estimate of drug-likeness (QED) is 0.722. The van der Waals surface area contributed by atoms with Gasteiger partial charge in [0.1, 0.15) is 0 Å². The first-order chi connectivity index (χ1) is 12.0. The lowest BCUT2D eigenvalue weighted by molar-refractivity contribution is -0.137. The van der Waals surface area contributed by atoms with E-state index < -0.39 is 5.97 Å². The maximum absolute atomic E-state index is 12.5. The van der Waals surface area contributed by atoms with Crippen LogP contribution in [0, 0.1) is 0 Å². The molecule has 0 atom stereocenters. The SMILES string of the molecule is O=C(O)CCCCC(=O)Nc1ccc(C(=O)N2CCCCC2)c(Cl)c1. The zero-order valence-electron chi connectivity index (χ0n) is 14.1. The number of carboxylic acids is 1. The number of nitrogens with one attached hydrogen (secondary N) is 1. The van der Waals surface area contributed by atoms with Crippen molar-refractivity contribution in [1.29, 1.82) is 0 Å². The molecule has 0 saturated carbocycles. The second kappa shape index (κ2) is 9.42. The van der Waals surface area contributed by atoms with Crippen LogP contribution in [0.5, 0.6) is 0 Å². The van der Waals surface area contributed by atoms with Gasteiger partial charge in [0, 0.05) is 31.6 Å². The van der Waals surface area contributed by atoms with Crippen molar-refractivity contribution in [3.63, 3.8) is 0 Å². The van der Waals surface area contributed by atoms with Crippen LogP contribution >= 0.6 is 11.6 Å². The van der Waals surface area contributed by atoms with E-state index in [0.717, 1.165) is 32.4 Å². The summed E-state index contributed by atoms with van der Waals surface area (Å²) < 4.78 is 0. The highest BCUT2D eigenvalue weighted by atomic mass is 35.5. The lowest BCUT2D eigenvalue weighted by Crippen LogP contribution is -2.35. The third-order valence-electron chi connectivity index (χ3n) is 4.17. The van der Waals surface area contributed by atoms with Gasteiger partial charge in [-0.25, -0.2) is 0 Å². The molecule has 0 spiro atoms. The summed E-state index contributed by atoms with van der Waals surface area (Å²) in [6.07, 6.45) is 4.46. The minimum Gasteiger partial charge on any atom is -0.481 e. The molecule has 1 fully saturated rings. The molecule has 1 aromatic rings. The zero-order valence-corrected chi connectivity index (χ0v) is 14.8. The Morgan fingerprint density at radius 3 is 2.40 bits per heavy atom. The van der Waals surface area contributed by atoms with E-state index in [-0.39, 0.29) is 24.7 Å². The van der Waals surface area contributed by atoms with Crippen LogP contribution in [0.1, 0.15) is 55.3 Å². The van der Waals surface area contributed by atoms with Gasteiger partial charge in [0.2, 0.25) is 5.91 Å². The Kier molecular flexibility index (Phi) is 7.25. The molecule has 2 N–H and O–H groups in total. The Morgan fingerprint density at radius 1 is 1.08 bits per heavy atom. The van der Waals surface area contributed by atoms with Gasteiger partial charge in [-0.3, -0.25) is 14.4 Å². The Balaban J connectivity index is 1.89. The third kappa shape index (κ3) is 6.05. The van der Waals surface area contributed by atoms with Crippen molar-refractivity contribution in [1.82, 2.24) is 4.90 Å². The standard InChI is InChI=1S/C18H23ClN2O4/c19-15-12-13(20-16(22)6-2-3-7-17(23)24)8-9-14(15)18(25)21-10-4-1-5-11-21/h8-9,12H,1-7,10-11H2,(H,20,22)(H,23,24). The van der Waals surface area contributed by atoms with Gasteiger partial charge in [-0.2, -0.15) is 0 Å². The molecule has 7 heteroatoms. The number of likely N-dealkylation sites (tertiary alicyclic amines) is 1. The number of hydrogen-bond acceptors (Lipinski definition) is 3. The number of carbonyl (C=O) groups excluding carboxylic acids is 2. The summed E-state index contributed by atoms with van der Waals surface area (Å²) in [4.78, 5) is 36.6. The van der Waals surface area contributed by atoms with E-state index in [4.69, 9.17) is 16.7 Å². The molecule has 2 amide bonds. The number of aliphatic carboxylic acids is 1. The van der Waals surface area contributed by atoms with Crippen LogP contribution in [-0.2, 0) is 9.59 Å². The topological polar surface area (TPSA) is 86.7 Å². The molecule has 0 unspecified atom stereocenters. The second-order valence-corrected chi connectivity index (χ2v) is 6.60. The van der Waals surface area contributed by atoms with Gasteiger partial charge in [0.25, 0.3) is 5.91 Å². The molecule has 0 radical (unpaired) electrons. The van der Waals surface area contributed by atoms with Gasteiger partial charge in [0.15, 0.2) is 0 Å². The summed E-state index contributed by atoms with van der Waals surface area (Å²) in [5.41, 5.74) is 0.978. The van der Waals surface area contributed by atoms with Crippen molar-refractivity contribution < 1.29 is 19.5 Å². The van der Waals surface area contributed by atoms with Crippen molar-refractivity contribution in [3.8, 4) is 0 Å². The number of hydrogen-bond donors (Lipinski definition) is 2. The highest BCUT2D eigenvalue weighted by Crippen LogP contribution is 2.24. The van der Waals surface area contributed by atoms with E-state index in [1.807, 2.05) is 4.90 Å². The molecule has 0 aromatic heterocycles. The molecular formula is C18H23ClN2O4. The summed E-state index contributed by atoms with van der Waals surface area (Å²) in [5.74, 6) is -1.13. The normalized spacial score (nSPS) is 14.2. The number of benzene rings is 1. The van der Waals surface area contributed by atoms with Crippen molar-refractivity contribution >= 4 is 35.1 Å². The van der Waals surface area contributed by atoms with E-state index in [0.29, 0.717) is 29.1 Å². The monoisotopic (exact) mass is 366 g/mol. The highest BCUT2D eigenvalue weighted by Gasteiger charge is 2.20. The molecule has 1 aromatic carbocycles. The van der Waals surface area contributed by atoms with Gasteiger partial charge in [-0.05, 0) is 50.3 Å². The van der Waals surface area contributed by atoms with E-state index in [2.05, 4.69) is 5.32 Å². The third-order valence-corrected chi connectivity index (χ3v) is 4.48. The van der Waals surface area contributed by atoms with Crippen LogP contribution in [0.25, 0.3) is 0 Å². The molecule has 1 aliphatic heterocycles. The van der Waals surface area contributed by atoms with Crippen molar-refractivity contribution in [3.05, 3.63) is 28.8 Å². The minimum atomic E-state index is -0.860. The Labute approximate surface area is 152 Å². The number of unbranched alkanes of at least 4 members (excludes halogenated alkanes) is 1. The zero-order chi connectivity index (χ0) is 18.2. The van der Waals surface area contributed by atoms with E-state index in [9.17, 15) is 14.4 Å². The fourth-order valence-corrected chi connectivity index (χ4v) is 3.08. The minimum absolute atomic E-state index is 0.0619.